The molecule has 0 saturated heterocycles. The van der Waals surface area contributed by atoms with Gasteiger partial charge in [0.25, 0.3) is 0 Å². The highest BCUT2D eigenvalue weighted by Gasteiger charge is 2.30. The number of benzene rings is 2. The fourth-order valence-electron chi connectivity index (χ4n) is 1.45. The normalized spacial score (nSPS) is 11.9. The highest BCUT2D eigenvalue weighted by molar-refractivity contribution is 5.81. The molecule has 2 rings (SSSR count). The Labute approximate surface area is 103 Å². The minimum absolute atomic E-state index is 0.286. The second-order valence-electron chi connectivity index (χ2n) is 3.72. The lowest BCUT2D eigenvalue weighted by Crippen LogP contribution is -2.03. The second kappa shape index (κ2) is 5.04. The zero-order chi connectivity index (χ0) is 13.0. The van der Waals surface area contributed by atoms with Gasteiger partial charge in [-0.2, -0.15) is 13.2 Å². The van der Waals surface area contributed by atoms with Crippen molar-refractivity contribution in [3.8, 4) is 0 Å². The molecule has 1 nitrogen and oxygen atoms in total. The van der Waals surface area contributed by atoms with Crippen LogP contribution in [-0.4, -0.2) is 6.21 Å². The zero-order valence-corrected chi connectivity index (χ0v) is 9.35. The van der Waals surface area contributed by atoms with Crippen LogP contribution in [0.4, 0.5) is 18.9 Å². The molecule has 0 aromatic heterocycles. The van der Waals surface area contributed by atoms with E-state index in [9.17, 15) is 13.2 Å². The number of alkyl halides is 3. The largest absolute Gasteiger partial charge is 0.416 e. The van der Waals surface area contributed by atoms with Crippen molar-refractivity contribution in [3.05, 3.63) is 65.7 Å². The Balaban J connectivity index is 2.23. The molecule has 0 fully saturated rings. The third kappa shape index (κ3) is 3.20. The Morgan fingerprint density at radius 2 is 1.61 bits per heavy atom. The summed E-state index contributed by atoms with van der Waals surface area (Å²) in [4.78, 5) is 4.03. The molecule has 2 aromatic rings. The molecule has 0 aliphatic carbocycles. The predicted molar refractivity (Wildman–Crippen MR) is 65.1 cm³/mol. The number of halogens is 3. The standard InChI is InChI=1S/C14H10F3N/c15-14(16,17)12-7-4-8-13(9-12)18-10-11-5-2-1-3-6-11/h1-10H/b18-10+. The molecule has 0 amide bonds. The maximum atomic E-state index is 12.5. The summed E-state index contributed by atoms with van der Waals surface area (Å²) >= 11 is 0. The van der Waals surface area contributed by atoms with Crippen LogP contribution in [0, 0.1) is 0 Å². The van der Waals surface area contributed by atoms with Crippen LogP contribution in [0.2, 0.25) is 0 Å². The van der Waals surface area contributed by atoms with Gasteiger partial charge in [-0.1, -0.05) is 36.4 Å². The van der Waals surface area contributed by atoms with E-state index in [4.69, 9.17) is 0 Å². The van der Waals surface area contributed by atoms with Gasteiger partial charge >= 0.3 is 6.18 Å². The van der Waals surface area contributed by atoms with Crippen LogP contribution in [0.15, 0.2) is 59.6 Å². The molecule has 0 spiro atoms. The minimum atomic E-state index is -4.34. The molecule has 0 bridgehead atoms. The zero-order valence-electron chi connectivity index (χ0n) is 9.35. The Kier molecular flexibility index (Phi) is 3.46. The van der Waals surface area contributed by atoms with Gasteiger partial charge in [0.05, 0.1) is 11.3 Å². The second-order valence-corrected chi connectivity index (χ2v) is 3.72. The quantitative estimate of drug-likeness (QED) is 0.697. The maximum absolute atomic E-state index is 12.5. The Bertz CT molecular complexity index is 544. The molecular weight excluding hydrogens is 239 g/mol. The molecule has 2 aromatic carbocycles. The smallest absolute Gasteiger partial charge is 0.256 e. The van der Waals surface area contributed by atoms with Crippen LogP contribution in [0.25, 0.3) is 0 Å². The van der Waals surface area contributed by atoms with Crippen LogP contribution in [-0.2, 0) is 6.18 Å². The first kappa shape index (κ1) is 12.4. The van der Waals surface area contributed by atoms with Crippen LogP contribution >= 0.6 is 0 Å². The van der Waals surface area contributed by atoms with Crippen molar-refractivity contribution in [2.24, 2.45) is 4.99 Å². The summed E-state index contributed by atoms with van der Waals surface area (Å²) in [5, 5.41) is 0. The van der Waals surface area contributed by atoms with Crippen LogP contribution in [0.1, 0.15) is 11.1 Å². The molecule has 18 heavy (non-hydrogen) atoms. The number of nitrogens with zero attached hydrogens (tertiary/aromatic N) is 1. The fourth-order valence-corrected chi connectivity index (χ4v) is 1.45. The monoisotopic (exact) mass is 249 g/mol. The lowest BCUT2D eigenvalue weighted by atomic mass is 10.2. The molecule has 0 atom stereocenters. The van der Waals surface area contributed by atoms with Crippen LogP contribution in [0.3, 0.4) is 0 Å². The van der Waals surface area contributed by atoms with Gasteiger partial charge in [0, 0.05) is 6.21 Å². The van der Waals surface area contributed by atoms with E-state index in [1.165, 1.54) is 18.3 Å². The van der Waals surface area contributed by atoms with Crippen molar-refractivity contribution in [2.45, 2.75) is 6.18 Å². The SMILES string of the molecule is FC(F)(F)c1cccc(/N=C/c2ccccc2)c1. The Morgan fingerprint density at radius 3 is 2.28 bits per heavy atom. The molecule has 0 radical (unpaired) electrons. The van der Waals surface area contributed by atoms with Gasteiger partial charge in [0.1, 0.15) is 0 Å². The molecule has 0 unspecified atom stereocenters. The number of hydrogen-bond donors (Lipinski definition) is 0. The van der Waals surface area contributed by atoms with Crippen molar-refractivity contribution < 1.29 is 13.2 Å². The van der Waals surface area contributed by atoms with Crippen molar-refractivity contribution in [3.63, 3.8) is 0 Å². The van der Waals surface area contributed by atoms with Crippen molar-refractivity contribution >= 4 is 11.9 Å². The van der Waals surface area contributed by atoms with E-state index in [1.54, 1.807) is 0 Å². The van der Waals surface area contributed by atoms with E-state index in [0.717, 1.165) is 17.7 Å². The molecular formula is C14H10F3N. The molecule has 0 aliphatic heterocycles. The first-order valence-electron chi connectivity index (χ1n) is 5.32. The van der Waals surface area contributed by atoms with Crippen LogP contribution in [0.5, 0.6) is 0 Å². The molecule has 0 aliphatic rings. The van der Waals surface area contributed by atoms with Crippen LogP contribution < -0.4 is 0 Å². The topological polar surface area (TPSA) is 12.4 Å². The summed E-state index contributed by atoms with van der Waals surface area (Å²) in [7, 11) is 0. The third-order valence-electron chi connectivity index (χ3n) is 2.34. The Hall–Kier alpha value is -2.10. The van der Waals surface area contributed by atoms with E-state index >= 15 is 0 Å². The van der Waals surface area contributed by atoms with Gasteiger partial charge in [0.15, 0.2) is 0 Å². The first-order valence-corrected chi connectivity index (χ1v) is 5.32. The van der Waals surface area contributed by atoms with E-state index in [2.05, 4.69) is 4.99 Å². The molecule has 0 N–H and O–H groups in total. The number of hydrogen-bond acceptors (Lipinski definition) is 1. The molecule has 0 heterocycles. The molecule has 92 valence electrons. The van der Waals surface area contributed by atoms with Gasteiger partial charge in [0.2, 0.25) is 0 Å². The summed E-state index contributed by atoms with van der Waals surface area (Å²) in [6.45, 7) is 0. The van der Waals surface area contributed by atoms with Gasteiger partial charge in [-0.05, 0) is 23.8 Å². The van der Waals surface area contributed by atoms with Gasteiger partial charge in [-0.3, -0.25) is 4.99 Å². The van der Waals surface area contributed by atoms with Crippen molar-refractivity contribution in [1.29, 1.82) is 0 Å². The van der Waals surface area contributed by atoms with E-state index in [1.807, 2.05) is 30.3 Å². The lowest BCUT2D eigenvalue weighted by Gasteiger charge is -2.06. The number of rotatable bonds is 2. The summed E-state index contributed by atoms with van der Waals surface area (Å²) in [6, 6.07) is 14.1. The summed E-state index contributed by atoms with van der Waals surface area (Å²) in [5.74, 6) is 0. The van der Waals surface area contributed by atoms with Crippen molar-refractivity contribution in [1.82, 2.24) is 0 Å². The van der Waals surface area contributed by atoms with Crippen molar-refractivity contribution in [2.75, 3.05) is 0 Å². The number of aliphatic imine (C=N–C) groups is 1. The van der Waals surface area contributed by atoms with Gasteiger partial charge in [-0.15, -0.1) is 0 Å². The predicted octanol–water partition coefficient (Wildman–Crippen LogP) is 4.46. The van der Waals surface area contributed by atoms with E-state index in [0.29, 0.717) is 0 Å². The molecule has 0 saturated carbocycles. The summed E-state index contributed by atoms with van der Waals surface area (Å²) < 4.78 is 37.4. The maximum Gasteiger partial charge on any atom is 0.416 e. The van der Waals surface area contributed by atoms with E-state index < -0.39 is 11.7 Å². The fraction of sp³-hybridized carbons (Fsp3) is 0.0714. The summed E-state index contributed by atoms with van der Waals surface area (Å²) in [5.41, 5.74) is 0.439. The average Bonchev–Trinajstić information content (AvgIpc) is 2.37. The van der Waals surface area contributed by atoms with Gasteiger partial charge < -0.3 is 0 Å². The highest BCUT2D eigenvalue weighted by Crippen LogP contribution is 2.31. The van der Waals surface area contributed by atoms with Gasteiger partial charge in [-0.25, -0.2) is 0 Å². The Morgan fingerprint density at radius 1 is 0.889 bits per heavy atom. The third-order valence-corrected chi connectivity index (χ3v) is 2.34. The lowest BCUT2D eigenvalue weighted by molar-refractivity contribution is -0.137. The van der Waals surface area contributed by atoms with E-state index in [-0.39, 0.29) is 5.69 Å². The highest BCUT2D eigenvalue weighted by atomic mass is 19.4. The minimum Gasteiger partial charge on any atom is -0.256 e. The molecule has 4 heteroatoms. The average molecular weight is 249 g/mol. The first-order chi connectivity index (χ1) is 8.55. The summed E-state index contributed by atoms with van der Waals surface area (Å²) in [6.07, 6.45) is -2.80.